The van der Waals surface area contributed by atoms with Crippen LogP contribution >= 0.6 is 11.6 Å². The van der Waals surface area contributed by atoms with Crippen molar-refractivity contribution in [2.75, 3.05) is 13.2 Å². The smallest absolute Gasteiger partial charge is 0.312 e. The van der Waals surface area contributed by atoms with Crippen LogP contribution in [0.4, 0.5) is 5.69 Å². The zero-order valence-corrected chi connectivity index (χ0v) is 14.2. The van der Waals surface area contributed by atoms with Crippen LogP contribution in [0.15, 0.2) is 18.2 Å². The number of benzene rings is 1. The van der Waals surface area contributed by atoms with Gasteiger partial charge in [0.15, 0.2) is 12.4 Å². The van der Waals surface area contributed by atoms with Gasteiger partial charge in [0.25, 0.3) is 5.91 Å². The molecule has 2 aliphatic rings. The number of nitrogens with zero attached hydrogens (tertiary/aromatic N) is 2. The van der Waals surface area contributed by atoms with Gasteiger partial charge in [-0.3, -0.25) is 14.9 Å². The second-order valence-corrected chi connectivity index (χ2v) is 6.94. The number of fused-ring (bicyclic) bond motifs is 1. The van der Waals surface area contributed by atoms with Gasteiger partial charge < -0.3 is 9.64 Å². The number of halogens is 1. The maximum Gasteiger partial charge on any atom is 0.312 e. The Morgan fingerprint density at radius 2 is 2.04 bits per heavy atom. The van der Waals surface area contributed by atoms with Gasteiger partial charge in [-0.05, 0) is 43.7 Å². The van der Waals surface area contributed by atoms with Gasteiger partial charge in [0.1, 0.15) is 0 Å². The third kappa shape index (κ3) is 3.64. The van der Waals surface area contributed by atoms with E-state index in [1.54, 1.807) is 0 Å². The van der Waals surface area contributed by atoms with Crippen LogP contribution in [-0.2, 0) is 4.79 Å². The molecule has 1 aromatic carbocycles. The lowest BCUT2D eigenvalue weighted by atomic mass is 9.78. The highest BCUT2D eigenvalue weighted by Gasteiger charge is 2.35. The van der Waals surface area contributed by atoms with Crippen LogP contribution in [0.1, 0.15) is 38.5 Å². The normalized spacial score (nSPS) is 23.5. The minimum Gasteiger partial charge on any atom is -0.477 e. The van der Waals surface area contributed by atoms with Crippen LogP contribution < -0.4 is 4.74 Å². The van der Waals surface area contributed by atoms with E-state index in [9.17, 15) is 14.9 Å². The van der Waals surface area contributed by atoms with Gasteiger partial charge in [-0.15, -0.1) is 0 Å². The van der Waals surface area contributed by atoms with Crippen LogP contribution in [0.5, 0.6) is 5.75 Å². The van der Waals surface area contributed by atoms with Crippen LogP contribution in [0.25, 0.3) is 0 Å². The fourth-order valence-electron chi connectivity index (χ4n) is 3.91. The molecule has 1 heterocycles. The Labute approximate surface area is 145 Å². The minimum absolute atomic E-state index is 0.0787. The SMILES string of the molecule is O=C(COc1ccc(Cl)cc1[N+](=O)[O-])N1CCCC2CCCCC21. The summed E-state index contributed by atoms with van der Waals surface area (Å²) in [4.78, 5) is 25.0. The number of rotatable bonds is 4. The molecular formula is C17H21ClN2O4. The summed E-state index contributed by atoms with van der Waals surface area (Å²) in [6.07, 6.45) is 6.87. The van der Waals surface area contributed by atoms with E-state index in [0.717, 1.165) is 25.8 Å². The van der Waals surface area contributed by atoms with Gasteiger partial charge in [0, 0.05) is 23.7 Å². The van der Waals surface area contributed by atoms with Crippen molar-refractivity contribution in [1.29, 1.82) is 0 Å². The molecule has 3 rings (SSSR count). The third-order valence-corrected chi connectivity index (χ3v) is 5.27. The molecule has 1 amide bonds. The van der Waals surface area contributed by atoms with Crippen LogP contribution in [0.3, 0.4) is 0 Å². The topological polar surface area (TPSA) is 72.7 Å². The van der Waals surface area contributed by atoms with E-state index in [1.807, 2.05) is 4.90 Å². The lowest BCUT2D eigenvalue weighted by molar-refractivity contribution is -0.385. The van der Waals surface area contributed by atoms with Crippen LogP contribution in [0, 0.1) is 16.0 Å². The number of piperidine rings is 1. The molecule has 2 unspecified atom stereocenters. The molecule has 0 N–H and O–H groups in total. The summed E-state index contributed by atoms with van der Waals surface area (Å²) < 4.78 is 5.46. The summed E-state index contributed by atoms with van der Waals surface area (Å²) in [5.74, 6) is 0.590. The van der Waals surface area contributed by atoms with Crippen molar-refractivity contribution in [2.24, 2.45) is 5.92 Å². The third-order valence-electron chi connectivity index (χ3n) is 5.03. The average Bonchev–Trinajstić information content (AvgIpc) is 2.59. The molecule has 1 saturated heterocycles. The molecular weight excluding hydrogens is 332 g/mol. The predicted octanol–water partition coefficient (Wildman–Crippen LogP) is 3.81. The minimum atomic E-state index is -0.552. The van der Waals surface area contributed by atoms with Gasteiger partial charge in [-0.2, -0.15) is 0 Å². The number of likely N-dealkylation sites (tertiary alicyclic amines) is 1. The van der Waals surface area contributed by atoms with E-state index in [4.69, 9.17) is 16.3 Å². The molecule has 1 aliphatic heterocycles. The summed E-state index contributed by atoms with van der Waals surface area (Å²) in [7, 11) is 0. The molecule has 7 heteroatoms. The molecule has 1 aromatic rings. The van der Waals surface area contributed by atoms with E-state index in [2.05, 4.69) is 0 Å². The molecule has 0 aromatic heterocycles. The maximum atomic E-state index is 12.6. The molecule has 1 aliphatic carbocycles. The number of ether oxygens (including phenoxy) is 1. The van der Waals surface area contributed by atoms with Crippen molar-refractivity contribution >= 4 is 23.2 Å². The van der Waals surface area contributed by atoms with Gasteiger partial charge in [-0.25, -0.2) is 0 Å². The molecule has 1 saturated carbocycles. The lowest BCUT2D eigenvalue weighted by Crippen LogP contribution is -2.51. The van der Waals surface area contributed by atoms with E-state index in [1.165, 1.54) is 37.5 Å². The van der Waals surface area contributed by atoms with Crippen molar-refractivity contribution in [1.82, 2.24) is 4.90 Å². The predicted molar refractivity (Wildman–Crippen MR) is 90.3 cm³/mol. The first-order valence-corrected chi connectivity index (χ1v) is 8.80. The first-order chi connectivity index (χ1) is 11.6. The van der Waals surface area contributed by atoms with E-state index < -0.39 is 4.92 Å². The quantitative estimate of drug-likeness (QED) is 0.610. The van der Waals surface area contributed by atoms with E-state index in [0.29, 0.717) is 12.0 Å². The molecule has 0 spiro atoms. The fourth-order valence-corrected chi connectivity index (χ4v) is 4.08. The van der Waals surface area contributed by atoms with E-state index >= 15 is 0 Å². The number of carbonyl (C=O) groups excluding carboxylic acids is 1. The van der Waals surface area contributed by atoms with Crippen molar-refractivity contribution < 1.29 is 14.5 Å². The van der Waals surface area contributed by atoms with Gasteiger partial charge in [-0.1, -0.05) is 24.4 Å². The molecule has 2 fully saturated rings. The van der Waals surface area contributed by atoms with Crippen molar-refractivity contribution in [3.63, 3.8) is 0 Å². The molecule has 130 valence electrons. The Morgan fingerprint density at radius 1 is 1.29 bits per heavy atom. The van der Waals surface area contributed by atoms with Gasteiger partial charge >= 0.3 is 5.69 Å². The number of amides is 1. The number of hydrogen-bond acceptors (Lipinski definition) is 4. The Balaban J connectivity index is 1.66. The summed E-state index contributed by atoms with van der Waals surface area (Å²) in [5.41, 5.74) is -0.218. The molecule has 6 nitrogen and oxygen atoms in total. The van der Waals surface area contributed by atoms with Crippen molar-refractivity contribution in [3.8, 4) is 5.75 Å². The molecule has 24 heavy (non-hydrogen) atoms. The second kappa shape index (κ2) is 7.38. The summed E-state index contributed by atoms with van der Waals surface area (Å²) in [5, 5.41) is 11.3. The Bertz CT molecular complexity index is 635. The largest absolute Gasteiger partial charge is 0.477 e. The van der Waals surface area contributed by atoms with Crippen molar-refractivity contribution in [3.05, 3.63) is 33.3 Å². The average molecular weight is 353 g/mol. The number of nitro benzene ring substituents is 1. The second-order valence-electron chi connectivity index (χ2n) is 6.50. The molecule has 0 radical (unpaired) electrons. The highest BCUT2D eigenvalue weighted by Crippen LogP contribution is 2.35. The van der Waals surface area contributed by atoms with Crippen molar-refractivity contribution in [2.45, 2.75) is 44.6 Å². The standard InChI is InChI=1S/C17H21ClN2O4/c18-13-7-8-16(15(10-13)20(22)23)24-11-17(21)19-9-3-5-12-4-1-2-6-14(12)19/h7-8,10,12,14H,1-6,9,11H2. The molecule has 2 atom stereocenters. The summed E-state index contributed by atoms with van der Waals surface area (Å²) in [6.45, 7) is 0.581. The first-order valence-electron chi connectivity index (χ1n) is 8.42. The number of nitro groups is 1. The Kier molecular flexibility index (Phi) is 5.23. The molecule has 0 bridgehead atoms. The monoisotopic (exact) mass is 352 g/mol. The number of hydrogen-bond donors (Lipinski definition) is 0. The van der Waals surface area contributed by atoms with Gasteiger partial charge in [0.05, 0.1) is 4.92 Å². The zero-order chi connectivity index (χ0) is 17.1. The van der Waals surface area contributed by atoms with Crippen LogP contribution in [-0.4, -0.2) is 34.9 Å². The maximum absolute atomic E-state index is 12.6. The number of carbonyl (C=O) groups is 1. The first kappa shape index (κ1) is 17.0. The summed E-state index contributed by atoms with van der Waals surface area (Å²) in [6, 6.07) is 4.50. The van der Waals surface area contributed by atoms with Gasteiger partial charge in [0.2, 0.25) is 0 Å². The zero-order valence-electron chi connectivity index (χ0n) is 13.4. The highest BCUT2D eigenvalue weighted by atomic mass is 35.5. The fraction of sp³-hybridized carbons (Fsp3) is 0.588. The lowest BCUT2D eigenvalue weighted by Gasteiger charge is -2.44. The van der Waals surface area contributed by atoms with Crippen LogP contribution in [0.2, 0.25) is 5.02 Å². The Morgan fingerprint density at radius 3 is 2.83 bits per heavy atom. The van der Waals surface area contributed by atoms with E-state index in [-0.39, 0.29) is 29.0 Å². The Hall–Kier alpha value is -1.82. The summed E-state index contributed by atoms with van der Waals surface area (Å²) >= 11 is 5.79. The highest BCUT2D eigenvalue weighted by molar-refractivity contribution is 6.30.